The summed E-state index contributed by atoms with van der Waals surface area (Å²) in [6, 6.07) is 9.84. The van der Waals surface area contributed by atoms with E-state index in [0.717, 1.165) is 10.0 Å². The Bertz CT molecular complexity index is 779. The molecule has 7 heteroatoms. The number of nitrogens with one attached hydrogen (secondary N) is 1. The van der Waals surface area contributed by atoms with Crippen LogP contribution in [0.1, 0.15) is 29.3 Å². The van der Waals surface area contributed by atoms with Gasteiger partial charge in [-0.15, -0.1) is 0 Å². The van der Waals surface area contributed by atoms with Crippen LogP contribution in [0.2, 0.25) is 5.02 Å². The lowest BCUT2D eigenvalue weighted by atomic mass is 10.1. The molecule has 0 saturated heterocycles. The van der Waals surface area contributed by atoms with Crippen LogP contribution in [0.4, 0.5) is 5.69 Å². The quantitative estimate of drug-likeness (QED) is 0.719. The number of hydrogen-bond donors (Lipinski definition) is 2. The number of benzene rings is 2. The molecule has 0 unspecified atom stereocenters. The fourth-order valence-corrected chi connectivity index (χ4v) is 2.73. The van der Waals surface area contributed by atoms with Crippen LogP contribution in [0.25, 0.3) is 0 Å². The van der Waals surface area contributed by atoms with Crippen LogP contribution < -0.4 is 10.1 Å². The number of carbonyl (C=O) groups is 2. The highest BCUT2D eigenvalue weighted by atomic mass is 79.9. The van der Waals surface area contributed by atoms with E-state index in [9.17, 15) is 14.7 Å². The van der Waals surface area contributed by atoms with Gasteiger partial charge in [0, 0.05) is 21.5 Å². The molecule has 0 spiro atoms. The highest BCUT2D eigenvalue weighted by Crippen LogP contribution is 2.26. The van der Waals surface area contributed by atoms with E-state index in [1.807, 2.05) is 6.07 Å². The highest BCUT2D eigenvalue weighted by molar-refractivity contribution is 9.10. The Hall–Kier alpha value is -2.05. The molecule has 0 aliphatic rings. The maximum absolute atomic E-state index is 11.5. The Balaban J connectivity index is 2.17. The van der Waals surface area contributed by atoms with Crippen molar-refractivity contribution in [3.05, 3.63) is 57.0 Å². The summed E-state index contributed by atoms with van der Waals surface area (Å²) in [6.07, 6.45) is 0.266. The van der Waals surface area contributed by atoms with Gasteiger partial charge in [-0.3, -0.25) is 4.79 Å². The van der Waals surface area contributed by atoms with Gasteiger partial charge >= 0.3 is 5.97 Å². The molecule has 0 aliphatic carbocycles. The summed E-state index contributed by atoms with van der Waals surface area (Å²) in [6.45, 7) is 1.94. The predicted molar refractivity (Wildman–Crippen MR) is 95.8 cm³/mol. The minimum Gasteiger partial charge on any atom is -0.489 e. The van der Waals surface area contributed by atoms with Crippen LogP contribution in [-0.2, 0) is 11.4 Å². The fraction of sp³-hybridized carbons (Fsp3) is 0.176. The molecule has 0 aliphatic heterocycles. The van der Waals surface area contributed by atoms with Crippen molar-refractivity contribution in [1.29, 1.82) is 0 Å². The summed E-state index contributed by atoms with van der Waals surface area (Å²) in [5.41, 5.74) is 1.10. The van der Waals surface area contributed by atoms with Gasteiger partial charge in [-0.2, -0.15) is 0 Å². The van der Waals surface area contributed by atoms with Gasteiger partial charge < -0.3 is 15.2 Å². The third-order valence-corrected chi connectivity index (χ3v) is 4.20. The summed E-state index contributed by atoms with van der Waals surface area (Å²) in [5.74, 6) is -1.00. The van der Waals surface area contributed by atoms with E-state index in [2.05, 4.69) is 21.2 Å². The summed E-state index contributed by atoms with van der Waals surface area (Å²) in [5, 5.41) is 12.5. The smallest absolute Gasteiger partial charge is 0.337 e. The van der Waals surface area contributed by atoms with Crippen molar-refractivity contribution in [2.24, 2.45) is 0 Å². The van der Waals surface area contributed by atoms with Crippen LogP contribution in [0.5, 0.6) is 5.75 Å². The van der Waals surface area contributed by atoms with Crippen molar-refractivity contribution in [3.8, 4) is 5.75 Å². The van der Waals surface area contributed by atoms with Crippen LogP contribution in [-0.4, -0.2) is 17.0 Å². The van der Waals surface area contributed by atoms with Gasteiger partial charge in [0.2, 0.25) is 5.91 Å². The fourth-order valence-electron chi connectivity index (χ4n) is 1.94. The molecule has 0 saturated carbocycles. The Morgan fingerprint density at radius 3 is 2.62 bits per heavy atom. The maximum atomic E-state index is 11.5. The normalized spacial score (nSPS) is 10.3. The van der Waals surface area contributed by atoms with Crippen molar-refractivity contribution < 1.29 is 19.4 Å². The zero-order valence-corrected chi connectivity index (χ0v) is 15.1. The Kier molecular flexibility index (Phi) is 6.23. The van der Waals surface area contributed by atoms with Gasteiger partial charge in [0.25, 0.3) is 0 Å². The lowest BCUT2D eigenvalue weighted by molar-refractivity contribution is -0.115. The second kappa shape index (κ2) is 8.17. The lowest BCUT2D eigenvalue weighted by Gasteiger charge is -2.12. The first-order chi connectivity index (χ1) is 11.4. The monoisotopic (exact) mass is 411 g/mol. The van der Waals surface area contributed by atoms with Crippen molar-refractivity contribution in [1.82, 2.24) is 0 Å². The van der Waals surface area contributed by atoms with Crippen LogP contribution in [0.3, 0.4) is 0 Å². The van der Waals surface area contributed by atoms with Crippen LogP contribution in [0, 0.1) is 0 Å². The number of anilines is 1. The minimum absolute atomic E-state index is 0.0236. The van der Waals surface area contributed by atoms with E-state index in [1.54, 1.807) is 25.1 Å². The number of rotatable bonds is 6. The Morgan fingerprint density at radius 2 is 2.00 bits per heavy atom. The molecule has 2 aromatic rings. The zero-order chi connectivity index (χ0) is 17.7. The van der Waals surface area contributed by atoms with Crippen LogP contribution >= 0.6 is 27.5 Å². The third kappa shape index (κ3) is 4.72. The maximum Gasteiger partial charge on any atom is 0.337 e. The van der Waals surface area contributed by atoms with E-state index in [-0.39, 0.29) is 30.2 Å². The van der Waals surface area contributed by atoms with Crippen molar-refractivity contribution in [2.75, 3.05) is 5.32 Å². The number of carbonyl (C=O) groups excluding carboxylic acids is 1. The first kappa shape index (κ1) is 18.3. The largest absolute Gasteiger partial charge is 0.489 e. The van der Waals surface area contributed by atoms with Gasteiger partial charge in [-0.05, 0) is 30.3 Å². The number of aromatic carboxylic acids is 1. The average Bonchev–Trinajstić information content (AvgIpc) is 2.54. The number of hydrogen-bond acceptors (Lipinski definition) is 3. The molecule has 1 amide bonds. The third-order valence-electron chi connectivity index (χ3n) is 3.23. The molecule has 0 heterocycles. The molecule has 0 atom stereocenters. The van der Waals surface area contributed by atoms with Gasteiger partial charge in [0.05, 0.1) is 11.3 Å². The lowest BCUT2D eigenvalue weighted by Crippen LogP contribution is -2.13. The van der Waals surface area contributed by atoms with Crippen molar-refractivity contribution >= 4 is 45.1 Å². The molecule has 24 heavy (non-hydrogen) atoms. The number of halogens is 2. The molecule has 0 aromatic heterocycles. The summed E-state index contributed by atoms with van der Waals surface area (Å²) >= 11 is 9.29. The van der Waals surface area contributed by atoms with Crippen molar-refractivity contribution in [2.45, 2.75) is 20.0 Å². The summed E-state index contributed by atoms with van der Waals surface area (Å²) in [4.78, 5) is 22.8. The summed E-state index contributed by atoms with van der Waals surface area (Å²) < 4.78 is 6.45. The van der Waals surface area contributed by atoms with Gasteiger partial charge in [-0.25, -0.2) is 4.79 Å². The summed E-state index contributed by atoms with van der Waals surface area (Å²) in [7, 11) is 0. The minimum atomic E-state index is -1.14. The molecule has 126 valence electrons. The van der Waals surface area contributed by atoms with Crippen molar-refractivity contribution in [3.63, 3.8) is 0 Å². The van der Waals surface area contributed by atoms with E-state index in [4.69, 9.17) is 16.3 Å². The first-order valence-corrected chi connectivity index (χ1v) is 8.31. The second-order valence-corrected chi connectivity index (χ2v) is 6.23. The molecule has 0 fully saturated rings. The molecule has 2 aromatic carbocycles. The zero-order valence-electron chi connectivity index (χ0n) is 12.8. The predicted octanol–water partition coefficient (Wildman–Crippen LogP) is 4.73. The van der Waals surface area contributed by atoms with E-state index >= 15 is 0 Å². The molecule has 0 radical (unpaired) electrons. The number of ether oxygens (including phenoxy) is 1. The molecule has 5 nitrogen and oxygen atoms in total. The second-order valence-electron chi connectivity index (χ2n) is 4.94. The first-order valence-electron chi connectivity index (χ1n) is 7.14. The number of carboxylic acid groups (broad SMARTS) is 1. The van der Waals surface area contributed by atoms with E-state index < -0.39 is 5.97 Å². The Labute approximate surface area is 152 Å². The van der Waals surface area contributed by atoms with Gasteiger partial charge in [0.1, 0.15) is 12.4 Å². The Morgan fingerprint density at radius 1 is 1.25 bits per heavy atom. The molecular weight excluding hydrogens is 398 g/mol. The molecule has 0 bridgehead atoms. The molecular formula is C17H15BrClNO4. The molecule has 2 N–H and O–H groups in total. The highest BCUT2D eigenvalue weighted by Gasteiger charge is 2.13. The van der Waals surface area contributed by atoms with Gasteiger partial charge in [0.15, 0.2) is 0 Å². The van der Waals surface area contributed by atoms with E-state index in [1.165, 1.54) is 12.1 Å². The topological polar surface area (TPSA) is 75.6 Å². The number of carboxylic acids is 1. The van der Waals surface area contributed by atoms with Crippen LogP contribution in [0.15, 0.2) is 40.9 Å². The standard InChI is InChI=1S/C17H15BrClNO4/c1-2-16(21)20-15-6-5-12(8-13(15)17(22)23)24-9-10-3-4-11(19)7-14(10)18/h3-8H,2,9H2,1H3,(H,20,21)(H,22,23). The van der Waals surface area contributed by atoms with E-state index in [0.29, 0.717) is 10.8 Å². The molecule has 2 rings (SSSR count). The SMILES string of the molecule is CCC(=O)Nc1ccc(OCc2ccc(Cl)cc2Br)cc1C(=O)O. The average molecular weight is 413 g/mol. The number of amides is 1. The van der Waals surface area contributed by atoms with Gasteiger partial charge in [-0.1, -0.05) is 40.5 Å².